The van der Waals surface area contributed by atoms with Gasteiger partial charge in [-0.1, -0.05) is 19.8 Å². The lowest BCUT2D eigenvalue weighted by Crippen LogP contribution is -2.33. The van der Waals surface area contributed by atoms with Crippen molar-refractivity contribution < 1.29 is 0 Å². The zero-order valence-electron chi connectivity index (χ0n) is 8.40. The molecule has 0 radical (unpaired) electrons. The Kier molecular flexibility index (Phi) is 4.62. The summed E-state index contributed by atoms with van der Waals surface area (Å²) in [6, 6.07) is 0.823. The van der Waals surface area contributed by atoms with Gasteiger partial charge in [0.25, 0.3) is 0 Å². The standard InChI is InChI=1S/C10H22N2/c1-9(7-11-2)8-12-10-5-3-4-6-10/h9-12H,3-8H2,1-2H3/t9-/m0/s1. The van der Waals surface area contributed by atoms with Gasteiger partial charge in [0.2, 0.25) is 0 Å². The van der Waals surface area contributed by atoms with Gasteiger partial charge in [0.05, 0.1) is 0 Å². The molecule has 2 N–H and O–H groups in total. The van der Waals surface area contributed by atoms with Crippen LogP contribution in [-0.4, -0.2) is 26.2 Å². The molecule has 0 spiro atoms. The van der Waals surface area contributed by atoms with Gasteiger partial charge in [-0.2, -0.15) is 0 Å². The highest BCUT2D eigenvalue weighted by Crippen LogP contribution is 2.17. The van der Waals surface area contributed by atoms with Crippen LogP contribution in [0.5, 0.6) is 0 Å². The van der Waals surface area contributed by atoms with Gasteiger partial charge in [0.1, 0.15) is 0 Å². The van der Waals surface area contributed by atoms with Crippen LogP contribution in [0.25, 0.3) is 0 Å². The first kappa shape index (κ1) is 10.0. The van der Waals surface area contributed by atoms with Crippen LogP contribution in [0.3, 0.4) is 0 Å². The molecule has 0 saturated heterocycles. The Labute approximate surface area is 76.1 Å². The molecule has 1 aliphatic carbocycles. The molecule has 0 aliphatic heterocycles. The molecular weight excluding hydrogens is 148 g/mol. The molecule has 1 atom stereocenters. The molecule has 1 aliphatic rings. The number of rotatable bonds is 5. The first-order valence-corrected chi connectivity index (χ1v) is 5.21. The van der Waals surface area contributed by atoms with E-state index < -0.39 is 0 Å². The third-order valence-electron chi connectivity index (χ3n) is 2.66. The summed E-state index contributed by atoms with van der Waals surface area (Å²) < 4.78 is 0. The van der Waals surface area contributed by atoms with Crippen LogP contribution in [0.15, 0.2) is 0 Å². The van der Waals surface area contributed by atoms with E-state index >= 15 is 0 Å². The quantitative estimate of drug-likeness (QED) is 0.651. The summed E-state index contributed by atoms with van der Waals surface area (Å²) in [5.74, 6) is 0.760. The van der Waals surface area contributed by atoms with Gasteiger partial charge in [-0.05, 0) is 38.9 Å². The van der Waals surface area contributed by atoms with E-state index in [-0.39, 0.29) is 0 Å². The summed E-state index contributed by atoms with van der Waals surface area (Å²) in [4.78, 5) is 0. The Morgan fingerprint density at radius 1 is 1.25 bits per heavy atom. The number of nitrogens with one attached hydrogen (secondary N) is 2. The minimum absolute atomic E-state index is 0.760. The van der Waals surface area contributed by atoms with Crippen molar-refractivity contribution in [1.82, 2.24) is 10.6 Å². The fourth-order valence-corrected chi connectivity index (χ4v) is 1.92. The fraction of sp³-hybridized carbons (Fsp3) is 1.00. The van der Waals surface area contributed by atoms with Crippen LogP contribution in [0, 0.1) is 5.92 Å². The molecule has 0 aromatic heterocycles. The third-order valence-corrected chi connectivity index (χ3v) is 2.66. The molecule has 2 nitrogen and oxygen atoms in total. The predicted octanol–water partition coefficient (Wildman–Crippen LogP) is 1.37. The van der Waals surface area contributed by atoms with Gasteiger partial charge < -0.3 is 10.6 Å². The van der Waals surface area contributed by atoms with E-state index in [0.29, 0.717) is 0 Å². The minimum atomic E-state index is 0.760. The highest BCUT2D eigenvalue weighted by Gasteiger charge is 2.14. The van der Waals surface area contributed by atoms with Gasteiger partial charge in [-0.15, -0.1) is 0 Å². The normalized spacial score (nSPS) is 21.5. The van der Waals surface area contributed by atoms with Crippen molar-refractivity contribution in [2.24, 2.45) is 5.92 Å². The van der Waals surface area contributed by atoms with Crippen molar-refractivity contribution >= 4 is 0 Å². The predicted molar refractivity (Wildman–Crippen MR) is 53.3 cm³/mol. The summed E-state index contributed by atoms with van der Waals surface area (Å²) in [6.45, 7) is 4.59. The van der Waals surface area contributed by atoms with E-state index in [0.717, 1.165) is 18.5 Å². The highest BCUT2D eigenvalue weighted by atomic mass is 14.9. The third kappa shape index (κ3) is 3.55. The van der Waals surface area contributed by atoms with Crippen molar-refractivity contribution in [3.05, 3.63) is 0 Å². The second-order valence-electron chi connectivity index (χ2n) is 4.05. The van der Waals surface area contributed by atoms with Crippen molar-refractivity contribution in [1.29, 1.82) is 0 Å². The summed E-state index contributed by atoms with van der Waals surface area (Å²) in [5.41, 5.74) is 0. The molecule has 12 heavy (non-hydrogen) atoms. The van der Waals surface area contributed by atoms with E-state index in [1.807, 2.05) is 7.05 Å². The number of hydrogen-bond acceptors (Lipinski definition) is 2. The summed E-state index contributed by atoms with van der Waals surface area (Å²) >= 11 is 0. The van der Waals surface area contributed by atoms with Crippen molar-refractivity contribution in [2.45, 2.75) is 38.6 Å². The molecule has 1 saturated carbocycles. The molecule has 1 fully saturated rings. The van der Waals surface area contributed by atoms with Crippen molar-refractivity contribution in [3.8, 4) is 0 Å². The second kappa shape index (κ2) is 5.55. The second-order valence-corrected chi connectivity index (χ2v) is 4.05. The fourth-order valence-electron chi connectivity index (χ4n) is 1.92. The summed E-state index contributed by atoms with van der Waals surface area (Å²) in [6.07, 6.45) is 5.65. The zero-order valence-corrected chi connectivity index (χ0v) is 8.40. The Morgan fingerprint density at radius 2 is 1.92 bits per heavy atom. The zero-order chi connectivity index (χ0) is 8.81. The molecule has 0 heterocycles. The maximum absolute atomic E-state index is 3.63. The smallest absolute Gasteiger partial charge is 0.00671 e. The monoisotopic (exact) mass is 170 g/mol. The van der Waals surface area contributed by atoms with E-state index in [1.54, 1.807) is 0 Å². The van der Waals surface area contributed by atoms with Gasteiger partial charge in [0, 0.05) is 6.04 Å². The lowest BCUT2D eigenvalue weighted by atomic mass is 10.1. The van der Waals surface area contributed by atoms with Gasteiger partial charge in [-0.25, -0.2) is 0 Å². The SMILES string of the molecule is CNC[C@H](C)CNC1CCCC1. The Hall–Kier alpha value is -0.0800. The van der Waals surface area contributed by atoms with Gasteiger partial charge in [-0.3, -0.25) is 0 Å². The summed E-state index contributed by atoms with van der Waals surface area (Å²) in [7, 11) is 2.02. The molecule has 1 rings (SSSR count). The molecule has 0 aromatic carbocycles. The maximum Gasteiger partial charge on any atom is 0.00671 e. The Morgan fingerprint density at radius 3 is 2.50 bits per heavy atom. The first-order chi connectivity index (χ1) is 5.83. The molecule has 2 heteroatoms. The van der Waals surface area contributed by atoms with Crippen LogP contribution < -0.4 is 10.6 Å². The molecule has 0 bridgehead atoms. The molecule has 0 amide bonds. The largest absolute Gasteiger partial charge is 0.319 e. The average molecular weight is 170 g/mol. The van der Waals surface area contributed by atoms with Crippen LogP contribution in [0.4, 0.5) is 0 Å². The van der Waals surface area contributed by atoms with E-state index in [1.165, 1.54) is 32.2 Å². The van der Waals surface area contributed by atoms with Crippen molar-refractivity contribution in [3.63, 3.8) is 0 Å². The Bertz CT molecular complexity index is 108. The molecular formula is C10H22N2. The van der Waals surface area contributed by atoms with E-state index in [2.05, 4.69) is 17.6 Å². The lowest BCUT2D eigenvalue weighted by molar-refractivity contribution is 0.438. The van der Waals surface area contributed by atoms with Crippen molar-refractivity contribution in [2.75, 3.05) is 20.1 Å². The molecule has 0 unspecified atom stereocenters. The number of hydrogen-bond donors (Lipinski definition) is 2. The minimum Gasteiger partial charge on any atom is -0.319 e. The Balaban J connectivity index is 1.99. The average Bonchev–Trinajstić information content (AvgIpc) is 2.53. The van der Waals surface area contributed by atoms with Crippen LogP contribution in [0.1, 0.15) is 32.6 Å². The highest BCUT2D eigenvalue weighted by molar-refractivity contribution is 4.74. The van der Waals surface area contributed by atoms with Crippen LogP contribution in [0.2, 0.25) is 0 Å². The summed E-state index contributed by atoms with van der Waals surface area (Å²) in [5, 5.41) is 6.83. The van der Waals surface area contributed by atoms with Gasteiger partial charge in [0.15, 0.2) is 0 Å². The van der Waals surface area contributed by atoms with E-state index in [9.17, 15) is 0 Å². The molecule has 72 valence electrons. The lowest BCUT2D eigenvalue weighted by Gasteiger charge is -2.16. The maximum atomic E-state index is 3.63. The van der Waals surface area contributed by atoms with Crippen LogP contribution in [-0.2, 0) is 0 Å². The molecule has 0 aromatic rings. The van der Waals surface area contributed by atoms with E-state index in [4.69, 9.17) is 0 Å². The topological polar surface area (TPSA) is 24.1 Å². The first-order valence-electron chi connectivity index (χ1n) is 5.21. The van der Waals surface area contributed by atoms with Gasteiger partial charge >= 0.3 is 0 Å². The van der Waals surface area contributed by atoms with Crippen LogP contribution >= 0.6 is 0 Å².